The Kier molecular flexibility index (Phi) is 5.54. The minimum atomic E-state index is -0.305. The average Bonchev–Trinajstić information content (AvgIpc) is 3.55. The number of hydrogen-bond acceptors (Lipinski definition) is 7. The van der Waals surface area contributed by atoms with Gasteiger partial charge in [0.15, 0.2) is 12.4 Å². The quantitative estimate of drug-likeness (QED) is 0.364. The van der Waals surface area contributed by atoms with Crippen molar-refractivity contribution in [1.82, 2.24) is 14.8 Å². The first kappa shape index (κ1) is 20.8. The molecule has 0 fully saturated rings. The van der Waals surface area contributed by atoms with Crippen molar-refractivity contribution in [3.05, 3.63) is 71.7 Å². The van der Waals surface area contributed by atoms with Gasteiger partial charge in [0, 0.05) is 16.8 Å². The predicted molar refractivity (Wildman–Crippen MR) is 126 cm³/mol. The molecule has 3 heterocycles. The molecule has 0 radical (unpaired) electrons. The summed E-state index contributed by atoms with van der Waals surface area (Å²) in [6.07, 6.45) is 0. The Morgan fingerprint density at radius 1 is 1.12 bits per heavy atom. The molecule has 0 spiro atoms. The molecular formula is C24H20N4O4S. The zero-order valence-corrected chi connectivity index (χ0v) is 18.8. The van der Waals surface area contributed by atoms with Crippen LogP contribution in [0.4, 0.5) is 5.82 Å². The highest BCUT2D eigenvalue weighted by Crippen LogP contribution is 2.30. The van der Waals surface area contributed by atoms with Crippen LogP contribution < -0.4 is 14.8 Å². The molecule has 33 heavy (non-hydrogen) atoms. The fraction of sp³-hybridized carbons (Fsp3) is 0.125. The summed E-state index contributed by atoms with van der Waals surface area (Å²) in [6, 6.07) is 18.6. The van der Waals surface area contributed by atoms with Crippen molar-refractivity contribution in [3.8, 4) is 28.1 Å². The number of nitrogens with one attached hydrogen (secondary N) is 1. The Hall–Kier alpha value is -4.11. The Balaban J connectivity index is 1.31. The number of furan rings is 1. The summed E-state index contributed by atoms with van der Waals surface area (Å²) >= 11 is 1.41. The lowest BCUT2D eigenvalue weighted by Crippen LogP contribution is -2.21. The molecule has 3 aromatic heterocycles. The molecule has 0 aliphatic heterocycles. The lowest BCUT2D eigenvalue weighted by atomic mass is 10.2. The van der Waals surface area contributed by atoms with Crippen molar-refractivity contribution in [2.75, 3.05) is 19.0 Å². The van der Waals surface area contributed by atoms with Gasteiger partial charge in [-0.15, -0.1) is 11.3 Å². The number of aromatic nitrogens is 3. The van der Waals surface area contributed by atoms with Gasteiger partial charge < -0.3 is 19.2 Å². The van der Waals surface area contributed by atoms with E-state index in [-0.39, 0.29) is 12.5 Å². The third-order valence-corrected chi connectivity index (χ3v) is 5.70. The van der Waals surface area contributed by atoms with Gasteiger partial charge in [-0.1, -0.05) is 18.2 Å². The second-order valence-corrected chi connectivity index (χ2v) is 8.10. The number of methoxy groups -OCH3 is 1. The third-order valence-electron chi connectivity index (χ3n) is 4.88. The van der Waals surface area contributed by atoms with Crippen LogP contribution in [0.5, 0.6) is 11.5 Å². The maximum absolute atomic E-state index is 12.5. The summed E-state index contributed by atoms with van der Waals surface area (Å²) in [7, 11) is 1.59. The molecule has 8 nitrogen and oxygen atoms in total. The largest absolute Gasteiger partial charge is 0.497 e. The number of rotatable bonds is 7. The lowest BCUT2D eigenvalue weighted by Gasteiger charge is -2.08. The van der Waals surface area contributed by atoms with Gasteiger partial charge in [-0.25, -0.2) is 4.98 Å². The molecule has 0 aliphatic rings. The van der Waals surface area contributed by atoms with Crippen LogP contribution >= 0.6 is 11.3 Å². The number of thiazole rings is 1. The van der Waals surface area contributed by atoms with Gasteiger partial charge in [0.05, 0.1) is 12.8 Å². The van der Waals surface area contributed by atoms with E-state index >= 15 is 0 Å². The van der Waals surface area contributed by atoms with E-state index in [1.807, 2.05) is 42.6 Å². The standard InChI is InChI=1S/C24H20N4O4S/c1-15-11-22(26-23(29)13-31-18-9-7-17(30-2)8-10-18)28(27-15)24-25-19(14-33-24)21-12-16-5-3-4-6-20(16)32-21/h3-12,14H,13H2,1-2H3,(H,26,29). The van der Waals surface area contributed by atoms with Crippen molar-refractivity contribution in [2.24, 2.45) is 0 Å². The number of aryl methyl sites for hydroxylation is 1. The van der Waals surface area contributed by atoms with Crippen LogP contribution in [0.15, 0.2) is 70.5 Å². The molecule has 0 saturated heterocycles. The first-order valence-corrected chi connectivity index (χ1v) is 11.1. The third kappa shape index (κ3) is 4.44. The van der Waals surface area contributed by atoms with Gasteiger partial charge in [0.2, 0.25) is 5.13 Å². The Morgan fingerprint density at radius 2 is 1.91 bits per heavy atom. The summed E-state index contributed by atoms with van der Waals surface area (Å²) in [5, 5.41) is 10.9. The van der Waals surface area contributed by atoms with Gasteiger partial charge in [0.25, 0.3) is 5.91 Å². The Labute approximate surface area is 193 Å². The monoisotopic (exact) mass is 460 g/mol. The molecular weight excluding hydrogens is 440 g/mol. The number of benzene rings is 2. The number of carbonyl (C=O) groups is 1. The molecule has 0 atom stereocenters. The van der Waals surface area contributed by atoms with Gasteiger partial charge >= 0.3 is 0 Å². The number of hydrogen-bond donors (Lipinski definition) is 1. The summed E-state index contributed by atoms with van der Waals surface area (Å²) in [6.45, 7) is 1.71. The minimum Gasteiger partial charge on any atom is -0.497 e. The molecule has 5 rings (SSSR count). The van der Waals surface area contributed by atoms with Crippen LogP contribution in [-0.4, -0.2) is 34.4 Å². The maximum Gasteiger partial charge on any atom is 0.263 e. The average molecular weight is 461 g/mol. The first-order chi connectivity index (χ1) is 16.1. The van der Waals surface area contributed by atoms with E-state index in [1.165, 1.54) is 11.3 Å². The van der Waals surface area contributed by atoms with Crippen LogP contribution in [0, 0.1) is 6.92 Å². The highest BCUT2D eigenvalue weighted by molar-refractivity contribution is 7.12. The summed E-state index contributed by atoms with van der Waals surface area (Å²) in [4.78, 5) is 17.2. The van der Waals surface area contributed by atoms with Gasteiger partial charge in [-0.2, -0.15) is 9.78 Å². The number of nitrogens with zero attached hydrogens (tertiary/aromatic N) is 3. The number of para-hydroxylation sites is 1. The topological polar surface area (TPSA) is 91.4 Å². The lowest BCUT2D eigenvalue weighted by molar-refractivity contribution is -0.118. The van der Waals surface area contributed by atoms with Crippen LogP contribution in [0.1, 0.15) is 5.69 Å². The van der Waals surface area contributed by atoms with Crippen LogP contribution in [0.2, 0.25) is 0 Å². The maximum atomic E-state index is 12.5. The number of fused-ring (bicyclic) bond motifs is 1. The summed E-state index contributed by atoms with van der Waals surface area (Å²) < 4.78 is 18.2. The number of ether oxygens (including phenoxy) is 2. The molecule has 9 heteroatoms. The SMILES string of the molecule is COc1ccc(OCC(=O)Nc2cc(C)nn2-c2nc(-c3cc4ccccc4o3)cs2)cc1. The highest BCUT2D eigenvalue weighted by atomic mass is 32.1. The molecule has 0 unspecified atom stereocenters. The molecule has 0 saturated carbocycles. The molecule has 0 aliphatic carbocycles. The van der Waals surface area contributed by atoms with Crippen molar-refractivity contribution in [2.45, 2.75) is 6.92 Å². The molecule has 1 N–H and O–H groups in total. The smallest absolute Gasteiger partial charge is 0.263 e. The molecule has 5 aromatic rings. The summed E-state index contributed by atoms with van der Waals surface area (Å²) in [5.74, 6) is 2.19. The number of anilines is 1. The van der Waals surface area contributed by atoms with E-state index in [0.717, 1.165) is 22.4 Å². The Bertz CT molecular complexity index is 1390. The van der Waals surface area contributed by atoms with Gasteiger partial charge in [-0.05, 0) is 43.3 Å². The van der Waals surface area contributed by atoms with E-state index < -0.39 is 0 Å². The van der Waals surface area contributed by atoms with Crippen molar-refractivity contribution >= 4 is 34.0 Å². The van der Waals surface area contributed by atoms with E-state index in [4.69, 9.17) is 13.9 Å². The highest BCUT2D eigenvalue weighted by Gasteiger charge is 2.16. The molecule has 1 amide bonds. The fourth-order valence-electron chi connectivity index (χ4n) is 3.32. The fourth-order valence-corrected chi connectivity index (χ4v) is 4.09. The summed E-state index contributed by atoms with van der Waals surface area (Å²) in [5.41, 5.74) is 2.27. The predicted octanol–water partition coefficient (Wildman–Crippen LogP) is 5.08. The van der Waals surface area contributed by atoms with Gasteiger partial charge in [-0.3, -0.25) is 4.79 Å². The molecule has 166 valence electrons. The second kappa shape index (κ2) is 8.79. The second-order valence-electron chi connectivity index (χ2n) is 7.26. The number of carbonyl (C=O) groups excluding carboxylic acids is 1. The van der Waals surface area contributed by atoms with Crippen LogP contribution in [0.3, 0.4) is 0 Å². The van der Waals surface area contributed by atoms with Gasteiger partial charge in [0.1, 0.15) is 28.6 Å². The van der Waals surface area contributed by atoms with E-state index in [2.05, 4.69) is 15.4 Å². The van der Waals surface area contributed by atoms with E-state index in [0.29, 0.717) is 28.2 Å². The van der Waals surface area contributed by atoms with Crippen molar-refractivity contribution in [3.63, 3.8) is 0 Å². The zero-order valence-electron chi connectivity index (χ0n) is 17.9. The Morgan fingerprint density at radius 3 is 2.70 bits per heavy atom. The first-order valence-electron chi connectivity index (χ1n) is 10.2. The zero-order chi connectivity index (χ0) is 22.8. The number of amides is 1. The van der Waals surface area contributed by atoms with Crippen molar-refractivity contribution in [1.29, 1.82) is 0 Å². The molecule has 0 bridgehead atoms. The normalized spacial score (nSPS) is 11.0. The van der Waals surface area contributed by atoms with Crippen molar-refractivity contribution < 1.29 is 18.7 Å². The minimum absolute atomic E-state index is 0.140. The van der Waals surface area contributed by atoms with Crippen LogP contribution in [-0.2, 0) is 4.79 Å². The molecule has 2 aromatic carbocycles. The van der Waals surface area contributed by atoms with E-state index in [9.17, 15) is 4.79 Å². The van der Waals surface area contributed by atoms with E-state index in [1.54, 1.807) is 42.1 Å². The van der Waals surface area contributed by atoms with Crippen LogP contribution in [0.25, 0.3) is 27.6 Å².